The summed E-state index contributed by atoms with van der Waals surface area (Å²) >= 11 is 0. The number of hydrogen-bond acceptors (Lipinski definition) is 4. The minimum Gasteiger partial charge on any atom is -0.329 e. The monoisotopic (exact) mass is 230 g/mol. The molecule has 0 bridgehead atoms. The standard InChI is InChI=1S/C8H14N4O2S/c9-3-4-12-6-8(5-10-12)15(13,14)11-7-1-2-7/h5-7,11H,1-4,9H2. The fourth-order valence-electron chi connectivity index (χ4n) is 1.23. The van der Waals surface area contributed by atoms with E-state index in [1.165, 1.54) is 17.1 Å². The number of nitrogens with two attached hydrogens (primary N) is 1. The molecule has 7 heteroatoms. The molecule has 0 spiro atoms. The van der Waals surface area contributed by atoms with E-state index in [2.05, 4.69) is 9.82 Å². The molecular formula is C8H14N4O2S. The van der Waals surface area contributed by atoms with Gasteiger partial charge < -0.3 is 5.73 Å². The van der Waals surface area contributed by atoms with Crippen LogP contribution in [0.25, 0.3) is 0 Å². The summed E-state index contributed by atoms with van der Waals surface area (Å²) in [6.07, 6.45) is 4.70. The van der Waals surface area contributed by atoms with E-state index in [-0.39, 0.29) is 10.9 Å². The van der Waals surface area contributed by atoms with Crippen molar-refractivity contribution in [3.05, 3.63) is 12.4 Å². The van der Waals surface area contributed by atoms with Crippen molar-refractivity contribution in [1.82, 2.24) is 14.5 Å². The summed E-state index contributed by atoms with van der Waals surface area (Å²) in [4.78, 5) is 0.211. The van der Waals surface area contributed by atoms with Crippen molar-refractivity contribution >= 4 is 10.0 Å². The first-order chi connectivity index (χ1) is 7.12. The van der Waals surface area contributed by atoms with Gasteiger partial charge in [0.05, 0.1) is 12.7 Å². The topological polar surface area (TPSA) is 90.0 Å². The predicted octanol–water partition coefficient (Wildman–Crippen LogP) is -0.717. The molecule has 1 aliphatic carbocycles. The van der Waals surface area contributed by atoms with E-state index < -0.39 is 10.0 Å². The quantitative estimate of drug-likeness (QED) is 0.698. The Labute approximate surface area is 88.5 Å². The van der Waals surface area contributed by atoms with E-state index in [1.807, 2.05) is 0 Å². The van der Waals surface area contributed by atoms with Crippen LogP contribution in [0.1, 0.15) is 12.8 Å². The first-order valence-electron chi connectivity index (χ1n) is 4.86. The summed E-state index contributed by atoms with van der Waals surface area (Å²) in [5.74, 6) is 0. The molecule has 6 nitrogen and oxygen atoms in total. The maximum absolute atomic E-state index is 11.7. The number of aromatic nitrogens is 2. The Morgan fingerprint density at radius 2 is 2.33 bits per heavy atom. The second-order valence-electron chi connectivity index (χ2n) is 3.62. The molecule has 0 saturated heterocycles. The predicted molar refractivity (Wildman–Crippen MR) is 54.6 cm³/mol. The SMILES string of the molecule is NCCn1cc(S(=O)(=O)NC2CC2)cn1. The van der Waals surface area contributed by atoms with E-state index in [1.54, 1.807) is 0 Å². The van der Waals surface area contributed by atoms with Crippen molar-refractivity contribution in [1.29, 1.82) is 0 Å². The average molecular weight is 230 g/mol. The van der Waals surface area contributed by atoms with Crippen molar-refractivity contribution in [3.8, 4) is 0 Å². The Hall–Kier alpha value is -0.920. The molecule has 0 atom stereocenters. The molecule has 1 saturated carbocycles. The third kappa shape index (κ3) is 2.55. The second kappa shape index (κ2) is 3.92. The first kappa shape index (κ1) is 10.6. The Morgan fingerprint density at radius 1 is 1.60 bits per heavy atom. The third-order valence-electron chi connectivity index (χ3n) is 2.18. The van der Waals surface area contributed by atoms with E-state index in [0.29, 0.717) is 13.1 Å². The van der Waals surface area contributed by atoms with Crippen LogP contribution in [-0.4, -0.2) is 30.8 Å². The summed E-state index contributed by atoms with van der Waals surface area (Å²) in [5, 5.41) is 3.92. The highest BCUT2D eigenvalue weighted by atomic mass is 32.2. The van der Waals surface area contributed by atoms with Crippen molar-refractivity contribution in [3.63, 3.8) is 0 Å². The van der Waals surface area contributed by atoms with Crippen molar-refractivity contribution < 1.29 is 8.42 Å². The van der Waals surface area contributed by atoms with Crippen LogP contribution in [0, 0.1) is 0 Å². The Balaban J connectivity index is 2.12. The van der Waals surface area contributed by atoms with Gasteiger partial charge in [-0.1, -0.05) is 0 Å². The van der Waals surface area contributed by atoms with Gasteiger partial charge in [-0.3, -0.25) is 4.68 Å². The first-order valence-corrected chi connectivity index (χ1v) is 6.35. The van der Waals surface area contributed by atoms with Gasteiger partial charge in [0.2, 0.25) is 10.0 Å². The fourth-order valence-corrected chi connectivity index (χ4v) is 2.48. The van der Waals surface area contributed by atoms with Crippen LogP contribution in [0.15, 0.2) is 17.3 Å². The number of nitrogens with one attached hydrogen (secondary N) is 1. The summed E-state index contributed by atoms with van der Waals surface area (Å²) in [6, 6.07) is 0.118. The molecular weight excluding hydrogens is 216 g/mol. The van der Waals surface area contributed by atoms with Gasteiger partial charge >= 0.3 is 0 Å². The normalized spacial score (nSPS) is 16.9. The van der Waals surface area contributed by atoms with Crippen LogP contribution in [-0.2, 0) is 16.6 Å². The molecule has 0 aliphatic heterocycles. The van der Waals surface area contributed by atoms with Gasteiger partial charge in [-0.05, 0) is 12.8 Å². The molecule has 1 aromatic rings. The van der Waals surface area contributed by atoms with Crippen LogP contribution >= 0.6 is 0 Å². The van der Waals surface area contributed by atoms with Gasteiger partial charge in [0.15, 0.2) is 0 Å². The second-order valence-corrected chi connectivity index (χ2v) is 5.34. The lowest BCUT2D eigenvalue weighted by atomic mass is 10.6. The van der Waals surface area contributed by atoms with E-state index >= 15 is 0 Å². The molecule has 1 fully saturated rings. The van der Waals surface area contributed by atoms with E-state index in [4.69, 9.17) is 5.73 Å². The number of rotatable bonds is 5. The van der Waals surface area contributed by atoms with Crippen molar-refractivity contribution in [2.24, 2.45) is 5.73 Å². The smallest absolute Gasteiger partial charge is 0.243 e. The third-order valence-corrected chi connectivity index (χ3v) is 3.65. The van der Waals surface area contributed by atoms with Gasteiger partial charge in [0.25, 0.3) is 0 Å². The Bertz CT molecular complexity index is 435. The lowest BCUT2D eigenvalue weighted by molar-refractivity contribution is 0.580. The Morgan fingerprint density at radius 3 is 2.93 bits per heavy atom. The minimum atomic E-state index is -3.37. The average Bonchev–Trinajstić information content (AvgIpc) is 2.82. The summed E-state index contributed by atoms with van der Waals surface area (Å²) in [6.45, 7) is 0.968. The van der Waals surface area contributed by atoms with E-state index in [9.17, 15) is 8.42 Å². The number of hydrogen-bond donors (Lipinski definition) is 2. The maximum atomic E-state index is 11.7. The highest BCUT2D eigenvalue weighted by Crippen LogP contribution is 2.21. The molecule has 1 heterocycles. The molecule has 84 valence electrons. The zero-order valence-electron chi connectivity index (χ0n) is 8.26. The highest BCUT2D eigenvalue weighted by molar-refractivity contribution is 7.89. The Kier molecular flexibility index (Phi) is 2.76. The van der Waals surface area contributed by atoms with Gasteiger partial charge in [-0.25, -0.2) is 13.1 Å². The number of nitrogens with zero attached hydrogens (tertiary/aromatic N) is 2. The van der Waals surface area contributed by atoms with Crippen LogP contribution in [0.5, 0.6) is 0 Å². The zero-order valence-corrected chi connectivity index (χ0v) is 9.07. The maximum Gasteiger partial charge on any atom is 0.243 e. The summed E-state index contributed by atoms with van der Waals surface area (Å²) < 4.78 is 27.5. The molecule has 0 unspecified atom stereocenters. The fraction of sp³-hybridized carbons (Fsp3) is 0.625. The molecule has 3 N–H and O–H groups in total. The molecule has 0 radical (unpaired) electrons. The van der Waals surface area contributed by atoms with Gasteiger partial charge in [-0.15, -0.1) is 0 Å². The molecule has 15 heavy (non-hydrogen) atoms. The number of sulfonamides is 1. The highest BCUT2D eigenvalue weighted by Gasteiger charge is 2.28. The van der Waals surface area contributed by atoms with Gasteiger partial charge in [-0.2, -0.15) is 5.10 Å². The molecule has 0 amide bonds. The van der Waals surface area contributed by atoms with Crippen molar-refractivity contribution in [2.45, 2.75) is 30.3 Å². The molecule has 1 aromatic heterocycles. The van der Waals surface area contributed by atoms with Crippen LogP contribution in [0.3, 0.4) is 0 Å². The molecule has 0 aromatic carbocycles. The minimum absolute atomic E-state index is 0.118. The lowest BCUT2D eigenvalue weighted by Crippen LogP contribution is -2.25. The zero-order chi connectivity index (χ0) is 10.9. The van der Waals surface area contributed by atoms with E-state index in [0.717, 1.165) is 12.8 Å². The lowest BCUT2D eigenvalue weighted by Gasteiger charge is -2.01. The summed E-state index contributed by atoms with van der Waals surface area (Å²) in [7, 11) is -3.37. The van der Waals surface area contributed by atoms with Crippen LogP contribution in [0.4, 0.5) is 0 Å². The van der Waals surface area contributed by atoms with Gasteiger partial charge in [0, 0.05) is 18.8 Å². The largest absolute Gasteiger partial charge is 0.329 e. The van der Waals surface area contributed by atoms with Crippen molar-refractivity contribution in [2.75, 3.05) is 6.54 Å². The van der Waals surface area contributed by atoms with Gasteiger partial charge in [0.1, 0.15) is 4.90 Å². The van der Waals surface area contributed by atoms with Crippen LogP contribution in [0.2, 0.25) is 0 Å². The summed E-state index contributed by atoms with van der Waals surface area (Å²) in [5.41, 5.74) is 5.34. The molecule has 2 rings (SSSR count). The van der Waals surface area contributed by atoms with Crippen LogP contribution < -0.4 is 10.5 Å². The molecule has 1 aliphatic rings.